The summed E-state index contributed by atoms with van der Waals surface area (Å²) in [5.41, 5.74) is 3.54. The van der Waals surface area contributed by atoms with Gasteiger partial charge in [0.2, 0.25) is 0 Å². The fourth-order valence-electron chi connectivity index (χ4n) is 4.25. The highest BCUT2D eigenvalue weighted by molar-refractivity contribution is 6.48. The maximum absolute atomic E-state index is 13.5. The molecule has 0 radical (unpaired) electrons. The largest absolute Gasteiger partial charge is 0.372 e. The number of hydrogen-bond acceptors (Lipinski definition) is 4. The Morgan fingerprint density at radius 3 is 2.09 bits per heavy atom. The number of carbonyl (C=O) groups is 2. The quantitative estimate of drug-likeness (QED) is 0.541. The third-order valence-electron chi connectivity index (χ3n) is 5.85. The van der Waals surface area contributed by atoms with E-state index >= 15 is 0 Å². The highest BCUT2D eigenvalue weighted by atomic mass is 35.5. The number of halogens is 1. The van der Waals surface area contributed by atoms with Gasteiger partial charge in [-0.05, 0) is 54.8 Å². The molecule has 3 aromatic rings. The lowest BCUT2D eigenvalue weighted by molar-refractivity contribution is -0.120. The Labute approximate surface area is 191 Å². The van der Waals surface area contributed by atoms with Crippen molar-refractivity contribution in [1.29, 1.82) is 0 Å². The zero-order chi connectivity index (χ0) is 22.1. The Hall–Kier alpha value is -3.57. The van der Waals surface area contributed by atoms with Crippen LogP contribution in [0.4, 0.5) is 17.1 Å². The summed E-state index contributed by atoms with van der Waals surface area (Å²) in [6.07, 6.45) is 2.42. The molecule has 6 heteroatoms. The molecule has 1 fully saturated rings. The van der Waals surface area contributed by atoms with Crippen molar-refractivity contribution < 1.29 is 9.59 Å². The van der Waals surface area contributed by atoms with Crippen molar-refractivity contribution in [2.24, 2.45) is 0 Å². The minimum absolute atomic E-state index is 0.245. The Kier molecular flexibility index (Phi) is 5.41. The van der Waals surface area contributed by atoms with Gasteiger partial charge in [0.25, 0.3) is 11.8 Å². The summed E-state index contributed by atoms with van der Waals surface area (Å²) in [4.78, 5) is 30.4. The van der Waals surface area contributed by atoms with Crippen LogP contribution in [-0.4, -0.2) is 24.9 Å². The zero-order valence-electron chi connectivity index (χ0n) is 17.4. The summed E-state index contributed by atoms with van der Waals surface area (Å²) in [5.74, 6) is -0.823. The smallest absolute Gasteiger partial charge is 0.282 e. The summed E-state index contributed by atoms with van der Waals surface area (Å²) in [7, 11) is 0. The number of amides is 2. The van der Waals surface area contributed by atoms with Gasteiger partial charge in [0.1, 0.15) is 5.70 Å². The Morgan fingerprint density at radius 2 is 1.41 bits per heavy atom. The standard InChI is InChI=1S/C26H22ClN3O2/c27-21-10-4-5-11-22(21)30-25(31)23(18-8-2-1-3-9-18)24(26(30)32)28-19-12-14-20(15-13-19)29-16-6-7-17-29/h1-5,8-15,28H,6-7,16-17H2. The molecule has 160 valence electrons. The van der Waals surface area contributed by atoms with E-state index in [-0.39, 0.29) is 5.70 Å². The monoisotopic (exact) mass is 443 g/mol. The van der Waals surface area contributed by atoms with Gasteiger partial charge in [-0.25, -0.2) is 4.90 Å². The molecule has 5 rings (SSSR count). The number of benzene rings is 3. The Morgan fingerprint density at radius 1 is 0.750 bits per heavy atom. The molecule has 2 amide bonds. The van der Waals surface area contributed by atoms with Crippen LogP contribution in [0.3, 0.4) is 0 Å². The normalized spacial score (nSPS) is 16.3. The van der Waals surface area contributed by atoms with E-state index < -0.39 is 11.8 Å². The third-order valence-corrected chi connectivity index (χ3v) is 6.17. The summed E-state index contributed by atoms with van der Waals surface area (Å²) >= 11 is 6.33. The Bertz CT molecular complexity index is 1200. The molecular weight excluding hydrogens is 422 g/mol. The van der Waals surface area contributed by atoms with Crippen LogP contribution in [-0.2, 0) is 9.59 Å². The van der Waals surface area contributed by atoms with E-state index in [1.54, 1.807) is 24.3 Å². The van der Waals surface area contributed by atoms with E-state index in [4.69, 9.17) is 11.6 Å². The van der Waals surface area contributed by atoms with E-state index in [2.05, 4.69) is 10.2 Å². The van der Waals surface area contributed by atoms with Gasteiger partial charge in [0.15, 0.2) is 0 Å². The van der Waals surface area contributed by atoms with Gasteiger partial charge in [-0.2, -0.15) is 0 Å². The lowest BCUT2D eigenvalue weighted by Crippen LogP contribution is -2.32. The van der Waals surface area contributed by atoms with Gasteiger partial charge >= 0.3 is 0 Å². The molecule has 0 aliphatic carbocycles. The second kappa shape index (κ2) is 8.52. The minimum atomic E-state index is -0.425. The lowest BCUT2D eigenvalue weighted by atomic mass is 10.0. The first-order chi connectivity index (χ1) is 15.6. The second-order valence-electron chi connectivity index (χ2n) is 7.88. The fraction of sp³-hybridized carbons (Fsp3) is 0.154. The van der Waals surface area contributed by atoms with Crippen molar-refractivity contribution in [3.8, 4) is 0 Å². The van der Waals surface area contributed by atoms with E-state index in [0.717, 1.165) is 29.4 Å². The van der Waals surface area contributed by atoms with Crippen LogP contribution < -0.4 is 15.1 Å². The predicted octanol–water partition coefficient (Wildman–Crippen LogP) is 5.34. The molecule has 0 aromatic heterocycles. The number of hydrogen-bond donors (Lipinski definition) is 1. The number of anilines is 3. The fourth-order valence-corrected chi connectivity index (χ4v) is 4.47. The second-order valence-corrected chi connectivity index (χ2v) is 8.29. The molecule has 5 nitrogen and oxygen atoms in total. The molecule has 0 bridgehead atoms. The van der Waals surface area contributed by atoms with Crippen molar-refractivity contribution in [2.45, 2.75) is 12.8 Å². The molecule has 0 unspecified atom stereocenters. The molecule has 1 N–H and O–H groups in total. The third kappa shape index (κ3) is 3.65. The summed E-state index contributed by atoms with van der Waals surface area (Å²) < 4.78 is 0. The van der Waals surface area contributed by atoms with Crippen LogP contribution in [0.15, 0.2) is 84.6 Å². The number of carbonyl (C=O) groups excluding carboxylic acids is 2. The molecule has 1 saturated heterocycles. The van der Waals surface area contributed by atoms with E-state index in [9.17, 15) is 9.59 Å². The van der Waals surface area contributed by atoms with Gasteiger partial charge in [0.05, 0.1) is 16.3 Å². The maximum Gasteiger partial charge on any atom is 0.282 e. The molecule has 0 spiro atoms. The van der Waals surface area contributed by atoms with Crippen molar-refractivity contribution in [3.63, 3.8) is 0 Å². The molecule has 3 aromatic carbocycles. The highest BCUT2D eigenvalue weighted by Crippen LogP contribution is 2.36. The van der Waals surface area contributed by atoms with Crippen LogP contribution in [0, 0.1) is 0 Å². The van der Waals surface area contributed by atoms with Crippen molar-refractivity contribution in [1.82, 2.24) is 0 Å². The van der Waals surface area contributed by atoms with E-state index in [1.807, 2.05) is 54.6 Å². The summed E-state index contributed by atoms with van der Waals surface area (Å²) in [6.45, 7) is 2.13. The van der Waals surface area contributed by atoms with Crippen LogP contribution in [0.25, 0.3) is 5.57 Å². The van der Waals surface area contributed by atoms with Gasteiger partial charge in [0, 0.05) is 24.5 Å². The van der Waals surface area contributed by atoms with Crippen LogP contribution in [0.1, 0.15) is 18.4 Å². The minimum Gasteiger partial charge on any atom is -0.372 e. The average molecular weight is 444 g/mol. The molecule has 0 saturated carbocycles. The van der Waals surface area contributed by atoms with Crippen molar-refractivity contribution >= 4 is 46.1 Å². The van der Waals surface area contributed by atoms with Crippen LogP contribution >= 0.6 is 11.6 Å². The number of imide groups is 1. The number of nitrogens with zero attached hydrogens (tertiary/aromatic N) is 2. The van der Waals surface area contributed by atoms with Gasteiger partial charge in [-0.1, -0.05) is 54.1 Å². The number of rotatable bonds is 5. The molecule has 0 atom stereocenters. The first kappa shape index (κ1) is 20.3. The SMILES string of the molecule is O=C1C(Nc2ccc(N3CCCC3)cc2)=C(c2ccccc2)C(=O)N1c1ccccc1Cl. The predicted molar refractivity (Wildman–Crippen MR) is 129 cm³/mol. The maximum atomic E-state index is 13.5. The Balaban J connectivity index is 1.52. The van der Waals surface area contributed by atoms with Crippen molar-refractivity contribution in [2.75, 3.05) is 28.2 Å². The molecule has 2 aliphatic heterocycles. The number of para-hydroxylation sites is 1. The van der Waals surface area contributed by atoms with Gasteiger partial charge in [-0.15, -0.1) is 0 Å². The van der Waals surface area contributed by atoms with Crippen molar-refractivity contribution in [3.05, 3.63) is 95.1 Å². The topological polar surface area (TPSA) is 52.7 Å². The first-order valence-corrected chi connectivity index (χ1v) is 11.1. The molecular formula is C26H22ClN3O2. The zero-order valence-corrected chi connectivity index (χ0v) is 18.2. The van der Waals surface area contributed by atoms with E-state index in [1.165, 1.54) is 12.8 Å². The molecule has 2 heterocycles. The number of nitrogens with one attached hydrogen (secondary N) is 1. The first-order valence-electron chi connectivity index (χ1n) is 10.7. The molecule has 32 heavy (non-hydrogen) atoms. The highest BCUT2D eigenvalue weighted by Gasteiger charge is 2.41. The average Bonchev–Trinajstić information content (AvgIpc) is 3.43. The lowest BCUT2D eigenvalue weighted by Gasteiger charge is -2.18. The molecule has 2 aliphatic rings. The summed E-state index contributed by atoms with van der Waals surface area (Å²) in [5, 5.41) is 3.56. The van der Waals surface area contributed by atoms with Crippen LogP contribution in [0.2, 0.25) is 5.02 Å². The van der Waals surface area contributed by atoms with Gasteiger partial charge in [-0.3, -0.25) is 9.59 Å². The van der Waals surface area contributed by atoms with Gasteiger partial charge < -0.3 is 10.2 Å². The van der Waals surface area contributed by atoms with E-state index in [0.29, 0.717) is 21.8 Å². The summed E-state index contributed by atoms with van der Waals surface area (Å²) in [6, 6.07) is 24.1. The van der Waals surface area contributed by atoms with Crippen LogP contribution in [0.5, 0.6) is 0 Å².